The van der Waals surface area contributed by atoms with Gasteiger partial charge in [0.1, 0.15) is 6.54 Å². The van der Waals surface area contributed by atoms with Gasteiger partial charge in [-0.1, -0.05) is 24.3 Å². The molecule has 2 aromatic rings. The van der Waals surface area contributed by atoms with Crippen LogP contribution >= 0.6 is 0 Å². The molecule has 2 amide bonds. The van der Waals surface area contributed by atoms with Gasteiger partial charge in [-0.3, -0.25) is 14.5 Å². The Hall–Kier alpha value is -3.02. The Kier molecular flexibility index (Phi) is 4.37. The number of fused-ring (bicyclic) bond motifs is 1. The zero-order valence-corrected chi connectivity index (χ0v) is 13.5. The molecule has 0 aliphatic carbocycles. The first-order valence-corrected chi connectivity index (χ1v) is 7.60. The van der Waals surface area contributed by atoms with E-state index in [0.29, 0.717) is 22.9 Å². The number of hydrogen-bond acceptors (Lipinski definition) is 4. The Morgan fingerprint density at radius 2 is 1.79 bits per heavy atom. The standard InChI is InChI=1S/C18H18N2O4/c1-12(24-16-10-6-5-9-15(16)23-2)18(22)20-11-17(21)19-13-7-3-4-8-14(13)20/h3-10,12H,11H2,1-2H3,(H,19,21)/t12-/m1/s1. The van der Waals surface area contributed by atoms with Crippen molar-refractivity contribution in [1.29, 1.82) is 0 Å². The molecule has 6 nitrogen and oxygen atoms in total. The summed E-state index contributed by atoms with van der Waals surface area (Å²) in [6, 6.07) is 14.3. The quantitative estimate of drug-likeness (QED) is 0.937. The minimum atomic E-state index is -0.764. The number of benzene rings is 2. The third kappa shape index (κ3) is 3.03. The molecule has 1 atom stereocenters. The maximum absolute atomic E-state index is 12.8. The predicted molar refractivity (Wildman–Crippen MR) is 90.5 cm³/mol. The molecule has 1 heterocycles. The molecule has 1 aliphatic rings. The summed E-state index contributed by atoms with van der Waals surface area (Å²) in [7, 11) is 1.54. The normalized spacial score (nSPS) is 14.4. The van der Waals surface area contributed by atoms with Crippen LogP contribution in [0.25, 0.3) is 0 Å². The molecule has 2 aromatic carbocycles. The van der Waals surface area contributed by atoms with E-state index in [0.717, 1.165) is 0 Å². The van der Waals surface area contributed by atoms with Crippen molar-refractivity contribution in [2.75, 3.05) is 23.9 Å². The van der Waals surface area contributed by atoms with Crippen LogP contribution in [-0.4, -0.2) is 31.6 Å². The second-order valence-corrected chi connectivity index (χ2v) is 5.40. The van der Waals surface area contributed by atoms with Gasteiger partial charge in [0.15, 0.2) is 17.6 Å². The predicted octanol–water partition coefficient (Wildman–Crippen LogP) is 2.45. The molecule has 0 radical (unpaired) electrons. The van der Waals surface area contributed by atoms with Crippen LogP contribution in [0.1, 0.15) is 6.92 Å². The first kappa shape index (κ1) is 15.9. The minimum Gasteiger partial charge on any atom is -0.493 e. The van der Waals surface area contributed by atoms with E-state index in [2.05, 4.69) is 5.32 Å². The third-order valence-corrected chi connectivity index (χ3v) is 3.76. The molecule has 0 saturated carbocycles. The lowest BCUT2D eigenvalue weighted by molar-refractivity contribution is -0.126. The Morgan fingerprint density at radius 3 is 2.54 bits per heavy atom. The maximum Gasteiger partial charge on any atom is 0.268 e. The Labute approximate surface area is 140 Å². The Balaban J connectivity index is 1.82. The number of para-hydroxylation sites is 4. The molecule has 124 valence electrons. The van der Waals surface area contributed by atoms with Crippen LogP contribution in [0.2, 0.25) is 0 Å². The molecule has 6 heteroatoms. The maximum atomic E-state index is 12.8. The Bertz CT molecular complexity index is 775. The number of amides is 2. The first-order chi connectivity index (χ1) is 11.6. The van der Waals surface area contributed by atoms with Crippen molar-refractivity contribution >= 4 is 23.2 Å². The van der Waals surface area contributed by atoms with Crippen molar-refractivity contribution in [2.24, 2.45) is 0 Å². The van der Waals surface area contributed by atoms with E-state index < -0.39 is 6.10 Å². The number of methoxy groups -OCH3 is 1. The van der Waals surface area contributed by atoms with Crippen molar-refractivity contribution in [3.8, 4) is 11.5 Å². The van der Waals surface area contributed by atoms with Crippen LogP contribution in [0.5, 0.6) is 11.5 Å². The monoisotopic (exact) mass is 326 g/mol. The molecule has 0 saturated heterocycles. The van der Waals surface area contributed by atoms with Crippen LogP contribution in [0.4, 0.5) is 11.4 Å². The molecule has 1 N–H and O–H groups in total. The van der Waals surface area contributed by atoms with Crippen molar-refractivity contribution in [3.05, 3.63) is 48.5 Å². The van der Waals surface area contributed by atoms with E-state index in [1.165, 1.54) is 4.90 Å². The van der Waals surface area contributed by atoms with Gasteiger partial charge >= 0.3 is 0 Å². The van der Waals surface area contributed by atoms with Crippen molar-refractivity contribution in [1.82, 2.24) is 0 Å². The molecular weight excluding hydrogens is 308 g/mol. The fourth-order valence-electron chi connectivity index (χ4n) is 2.61. The highest BCUT2D eigenvalue weighted by Gasteiger charge is 2.30. The lowest BCUT2D eigenvalue weighted by Crippen LogP contribution is -2.47. The van der Waals surface area contributed by atoms with Gasteiger partial charge in [0.2, 0.25) is 5.91 Å². The summed E-state index contributed by atoms with van der Waals surface area (Å²) in [6.07, 6.45) is -0.764. The van der Waals surface area contributed by atoms with Gasteiger partial charge in [-0.2, -0.15) is 0 Å². The van der Waals surface area contributed by atoms with Gasteiger partial charge in [0.05, 0.1) is 18.5 Å². The number of carbonyl (C=O) groups is 2. The van der Waals surface area contributed by atoms with E-state index in [1.54, 1.807) is 44.4 Å². The van der Waals surface area contributed by atoms with E-state index in [1.807, 2.05) is 18.2 Å². The lowest BCUT2D eigenvalue weighted by atomic mass is 10.1. The van der Waals surface area contributed by atoms with Crippen molar-refractivity contribution in [3.63, 3.8) is 0 Å². The fraction of sp³-hybridized carbons (Fsp3) is 0.222. The molecule has 3 rings (SSSR count). The smallest absolute Gasteiger partial charge is 0.268 e. The van der Waals surface area contributed by atoms with E-state index in [9.17, 15) is 9.59 Å². The third-order valence-electron chi connectivity index (χ3n) is 3.76. The summed E-state index contributed by atoms with van der Waals surface area (Å²) in [5.74, 6) is 0.513. The van der Waals surface area contributed by atoms with Crippen LogP contribution < -0.4 is 19.7 Å². The molecule has 0 bridgehead atoms. The SMILES string of the molecule is COc1ccccc1O[C@H](C)C(=O)N1CC(=O)Nc2ccccc21. The molecule has 0 fully saturated rings. The summed E-state index contributed by atoms with van der Waals surface area (Å²) < 4.78 is 11.0. The number of nitrogens with zero attached hydrogens (tertiary/aromatic N) is 1. The zero-order valence-electron chi connectivity index (χ0n) is 13.5. The summed E-state index contributed by atoms with van der Waals surface area (Å²) in [5, 5.41) is 2.76. The second-order valence-electron chi connectivity index (χ2n) is 5.40. The van der Waals surface area contributed by atoms with Crippen LogP contribution in [0.3, 0.4) is 0 Å². The van der Waals surface area contributed by atoms with E-state index in [4.69, 9.17) is 9.47 Å². The number of anilines is 2. The lowest BCUT2D eigenvalue weighted by Gasteiger charge is -2.31. The topological polar surface area (TPSA) is 67.9 Å². The molecule has 24 heavy (non-hydrogen) atoms. The van der Waals surface area contributed by atoms with E-state index in [-0.39, 0.29) is 18.4 Å². The molecular formula is C18H18N2O4. The van der Waals surface area contributed by atoms with Gasteiger partial charge in [-0.05, 0) is 31.2 Å². The summed E-state index contributed by atoms with van der Waals surface area (Å²) >= 11 is 0. The largest absolute Gasteiger partial charge is 0.493 e. The van der Waals surface area contributed by atoms with Gasteiger partial charge in [-0.15, -0.1) is 0 Å². The van der Waals surface area contributed by atoms with Gasteiger partial charge in [0.25, 0.3) is 5.91 Å². The van der Waals surface area contributed by atoms with E-state index >= 15 is 0 Å². The number of nitrogens with one attached hydrogen (secondary N) is 1. The molecule has 0 aromatic heterocycles. The zero-order chi connectivity index (χ0) is 17.1. The highest BCUT2D eigenvalue weighted by Crippen LogP contribution is 2.31. The summed E-state index contributed by atoms with van der Waals surface area (Å²) in [4.78, 5) is 26.1. The molecule has 0 unspecified atom stereocenters. The summed E-state index contributed by atoms with van der Waals surface area (Å²) in [6.45, 7) is 1.62. The Morgan fingerprint density at radius 1 is 1.12 bits per heavy atom. The van der Waals surface area contributed by atoms with Crippen molar-refractivity contribution < 1.29 is 19.1 Å². The van der Waals surface area contributed by atoms with Crippen LogP contribution in [0.15, 0.2) is 48.5 Å². The number of ether oxygens (including phenoxy) is 2. The minimum absolute atomic E-state index is 0.0323. The van der Waals surface area contributed by atoms with Crippen molar-refractivity contribution in [2.45, 2.75) is 13.0 Å². The van der Waals surface area contributed by atoms with Crippen LogP contribution in [0, 0.1) is 0 Å². The highest BCUT2D eigenvalue weighted by molar-refractivity contribution is 6.10. The average Bonchev–Trinajstić information content (AvgIpc) is 2.60. The fourth-order valence-corrected chi connectivity index (χ4v) is 2.61. The molecule has 0 spiro atoms. The first-order valence-electron chi connectivity index (χ1n) is 7.60. The molecule has 1 aliphatic heterocycles. The number of rotatable bonds is 4. The van der Waals surface area contributed by atoms with Gasteiger partial charge in [-0.25, -0.2) is 0 Å². The van der Waals surface area contributed by atoms with Gasteiger partial charge in [0, 0.05) is 0 Å². The number of hydrogen-bond donors (Lipinski definition) is 1. The second kappa shape index (κ2) is 6.62. The average molecular weight is 326 g/mol. The van der Waals surface area contributed by atoms with Gasteiger partial charge < -0.3 is 14.8 Å². The highest BCUT2D eigenvalue weighted by atomic mass is 16.5. The summed E-state index contributed by atoms with van der Waals surface area (Å²) in [5.41, 5.74) is 1.28. The number of carbonyl (C=O) groups excluding carboxylic acids is 2. The van der Waals surface area contributed by atoms with Crippen LogP contribution in [-0.2, 0) is 9.59 Å².